The van der Waals surface area contributed by atoms with Crippen molar-refractivity contribution in [3.05, 3.63) is 48.0 Å². The summed E-state index contributed by atoms with van der Waals surface area (Å²) in [6.45, 7) is 2.28. The van der Waals surface area contributed by atoms with Gasteiger partial charge >= 0.3 is 6.09 Å². The van der Waals surface area contributed by atoms with E-state index in [0.29, 0.717) is 30.1 Å². The molecule has 144 valence electrons. The first-order chi connectivity index (χ1) is 13.5. The minimum Gasteiger partial charge on any atom is -0.464 e. The largest absolute Gasteiger partial charge is 0.464 e. The molecule has 28 heavy (non-hydrogen) atoms. The maximum absolute atomic E-state index is 12.0. The standard InChI is InChI=1S/C19H19N5O4/c1-11-6-14-15(9-24(11)17(25)8-20)21-10-22-18(14)28-13-2-3-16-12(7-13)4-5-23(16)19(26)27/h2-5,7,10-11H,6,8-9,20H2,1H3,(H,26,27). The van der Waals surface area contributed by atoms with Gasteiger partial charge < -0.3 is 20.5 Å². The molecule has 1 aliphatic rings. The normalized spacial score (nSPS) is 16.1. The van der Waals surface area contributed by atoms with Gasteiger partial charge in [-0.25, -0.2) is 14.8 Å². The van der Waals surface area contributed by atoms with Gasteiger partial charge in [0, 0.05) is 23.2 Å². The first kappa shape index (κ1) is 17.9. The number of amides is 1. The Balaban J connectivity index is 1.64. The van der Waals surface area contributed by atoms with E-state index in [-0.39, 0.29) is 18.5 Å². The van der Waals surface area contributed by atoms with Gasteiger partial charge in [-0.05, 0) is 37.6 Å². The third-order valence-corrected chi connectivity index (χ3v) is 4.92. The zero-order chi connectivity index (χ0) is 19.8. The summed E-state index contributed by atoms with van der Waals surface area (Å²) in [4.78, 5) is 33.5. The summed E-state index contributed by atoms with van der Waals surface area (Å²) in [6.07, 6.45) is 2.43. The number of aromatic nitrogens is 3. The molecule has 0 spiro atoms. The van der Waals surface area contributed by atoms with E-state index in [4.69, 9.17) is 10.5 Å². The van der Waals surface area contributed by atoms with Crippen molar-refractivity contribution in [3.8, 4) is 11.6 Å². The highest BCUT2D eigenvalue weighted by atomic mass is 16.5. The highest BCUT2D eigenvalue weighted by Gasteiger charge is 2.29. The van der Waals surface area contributed by atoms with Crippen molar-refractivity contribution in [1.82, 2.24) is 19.4 Å². The van der Waals surface area contributed by atoms with Gasteiger partial charge in [-0.2, -0.15) is 0 Å². The summed E-state index contributed by atoms with van der Waals surface area (Å²) in [7, 11) is 0. The fraction of sp³-hybridized carbons (Fsp3) is 0.263. The van der Waals surface area contributed by atoms with Crippen LogP contribution in [-0.4, -0.2) is 49.1 Å². The number of carbonyl (C=O) groups is 2. The quantitative estimate of drug-likeness (QED) is 0.711. The van der Waals surface area contributed by atoms with Crippen LogP contribution in [0.1, 0.15) is 18.2 Å². The van der Waals surface area contributed by atoms with Crippen molar-refractivity contribution in [2.45, 2.75) is 25.9 Å². The van der Waals surface area contributed by atoms with E-state index in [0.717, 1.165) is 21.2 Å². The number of rotatable bonds is 3. The maximum atomic E-state index is 12.0. The molecule has 3 N–H and O–H groups in total. The van der Waals surface area contributed by atoms with Crippen LogP contribution in [0.4, 0.5) is 4.79 Å². The Kier molecular flexibility index (Phi) is 4.44. The Morgan fingerprint density at radius 3 is 2.89 bits per heavy atom. The molecule has 4 rings (SSSR count). The molecule has 0 saturated carbocycles. The number of ether oxygens (including phenoxy) is 1. The molecular formula is C19H19N5O4. The van der Waals surface area contributed by atoms with Gasteiger partial charge in [0.05, 0.1) is 24.3 Å². The first-order valence-electron chi connectivity index (χ1n) is 8.82. The summed E-state index contributed by atoms with van der Waals surface area (Å²) in [5.74, 6) is 0.867. The SMILES string of the molecule is CC1Cc2c(ncnc2Oc2ccc3c(ccn3C(=O)O)c2)CN1C(=O)CN. The van der Waals surface area contributed by atoms with Crippen LogP contribution in [0.15, 0.2) is 36.8 Å². The molecule has 1 aromatic carbocycles. The van der Waals surface area contributed by atoms with Crippen LogP contribution in [0, 0.1) is 0 Å². The molecule has 0 bridgehead atoms. The lowest BCUT2D eigenvalue weighted by Gasteiger charge is -2.34. The number of nitrogens with zero attached hydrogens (tertiary/aromatic N) is 4. The van der Waals surface area contributed by atoms with Gasteiger partial charge in [0.15, 0.2) is 0 Å². The molecular weight excluding hydrogens is 362 g/mol. The number of fused-ring (bicyclic) bond motifs is 2. The van der Waals surface area contributed by atoms with Crippen molar-refractivity contribution >= 4 is 22.9 Å². The third kappa shape index (κ3) is 3.05. The average molecular weight is 381 g/mol. The zero-order valence-electron chi connectivity index (χ0n) is 15.2. The lowest BCUT2D eigenvalue weighted by atomic mass is 9.99. The second-order valence-corrected chi connectivity index (χ2v) is 6.67. The molecule has 0 aliphatic carbocycles. The predicted molar refractivity (Wildman–Crippen MR) is 100 cm³/mol. The van der Waals surface area contributed by atoms with Crippen LogP contribution < -0.4 is 10.5 Å². The summed E-state index contributed by atoms with van der Waals surface area (Å²) < 4.78 is 7.14. The van der Waals surface area contributed by atoms with E-state index < -0.39 is 6.09 Å². The van der Waals surface area contributed by atoms with Crippen LogP contribution in [0.5, 0.6) is 11.6 Å². The van der Waals surface area contributed by atoms with E-state index in [2.05, 4.69) is 9.97 Å². The van der Waals surface area contributed by atoms with Gasteiger partial charge in [-0.3, -0.25) is 9.36 Å². The molecule has 0 radical (unpaired) electrons. The molecule has 3 heterocycles. The van der Waals surface area contributed by atoms with E-state index >= 15 is 0 Å². The number of carboxylic acid groups (broad SMARTS) is 1. The van der Waals surface area contributed by atoms with E-state index in [9.17, 15) is 14.7 Å². The molecule has 1 amide bonds. The van der Waals surface area contributed by atoms with Gasteiger partial charge in [0.2, 0.25) is 11.8 Å². The van der Waals surface area contributed by atoms with Gasteiger partial charge in [-0.1, -0.05) is 0 Å². The fourth-order valence-electron chi connectivity index (χ4n) is 3.50. The minimum absolute atomic E-state index is 0.0376. The number of benzene rings is 1. The molecule has 2 aromatic heterocycles. The molecule has 1 aliphatic heterocycles. The molecule has 0 saturated heterocycles. The lowest BCUT2D eigenvalue weighted by molar-refractivity contribution is -0.132. The summed E-state index contributed by atoms with van der Waals surface area (Å²) in [6, 6.07) is 6.83. The number of carbonyl (C=O) groups excluding carboxylic acids is 1. The second kappa shape index (κ2) is 6.93. The summed E-state index contributed by atoms with van der Waals surface area (Å²) in [5, 5.41) is 9.94. The van der Waals surface area contributed by atoms with Gasteiger partial charge in [0.25, 0.3) is 0 Å². The average Bonchev–Trinajstić information content (AvgIpc) is 3.11. The minimum atomic E-state index is -1.04. The number of hydrogen-bond acceptors (Lipinski definition) is 6. The Labute approximate surface area is 160 Å². The summed E-state index contributed by atoms with van der Waals surface area (Å²) in [5.41, 5.74) is 7.67. The van der Waals surface area contributed by atoms with Gasteiger partial charge in [0.1, 0.15) is 12.1 Å². The Morgan fingerprint density at radius 2 is 2.14 bits per heavy atom. The fourth-order valence-corrected chi connectivity index (χ4v) is 3.50. The highest BCUT2D eigenvalue weighted by molar-refractivity contribution is 5.89. The van der Waals surface area contributed by atoms with E-state index in [1.165, 1.54) is 12.5 Å². The van der Waals surface area contributed by atoms with E-state index in [1.54, 1.807) is 29.2 Å². The van der Waals surface area contributed by atoms with Crippen molar-refractivity contribution in [3.63, 3.8) is 0 Å². The zero-order valence-corrected chi connectivity index (χ0v) is 15.2. The van der Waals surface area contributed by atoms with E-state index in [1.807, 2.05) is 6.92 Å². The summed E-state index contributed by atoms with van der Waals surface area (Å²) >= 11 is 0. The van der Waals surface area contributed by atoms with Crippen molar-refractivity contribution in [2.24, 2.45) is 5.73 Å². The molecule has 1 atom stereocenters. The molecule has 3 aromatic rings. The maximum Gasteiger partial charge on any atom is 0.415 e. The predicted octanol–water partition coefficient (Wildman–Crippen LogP) is 1.98. The van der Waals surface area contributed by atoms with Gasteiger partial charge in [-0.15, -0.1) is 0 Å². The Hall–Kier alpha value is -3.46. The smallest absolute Gasteiger partial charge is 0.415 e. The molecule has 9 heteroatoms. The highest BCUT2D eigenvalue weighted by Crippen LogP contribution is 2.32. The molecule has 1 unspecified atom stereocenters. The van der Waals surface area contributed by atoms with Crippen LogP contribution in [0.3, 0.4) is 0 Å². The first-order valence-corrected chi connectivity index (χ1v) is 8.82. The monoisotopic (exact) mass is 381 g/mol. The lowest BCUT2D eigenvalue weighted by Crippen LogP contribution is -2.45. The Morgan fingerprint density at radius 1 is 1.32 bits per heavy atom. The van der Waals surface area contributed by atoms with Crippen LogP contribution >= 0.6 is 0 Å². The van der Waals surface area contributed by atoms with Crippen molar-refractivity contribution in [1.29, 1.82) is 0 Å². The van der Waals surface area contributed by atoms with Crippen LogP contribution in [0.2, 0.25) is 0 Å². The van der Waals surface area contributed by atoms with Crippen molar-refractivity contribution in [2.75, 3.05) is 6.54 Å². The van der Waals surface area contributed by atoms with Crippen LogP contribution in [0.25, 0.3) is 10.9 Å². The molecule has 9 nitrogen and oxygen atoms in total. The second-order valence-electron chi connectivity index (χ2n) is 6.67. The van der Waals surface area contributed by atoms with Crippen LogP contribution in [-0.2, 0) is 17.8 Å². The van der Waals surface area contributed by atoms with Crippen molar-refractivity contribution < 1.29 is 19.4 Å². The topological polar surface area (TPSA) is 124 Å². The Bertz CT molecular complexity index is 1080. The third-order valence-electron chi connectivity index (χ3n) is 4.92. The number of nitrogens with two attached hydrogens (primary N) is 1. The molecule has 0 fully saturated rings. The number of hydrogen-bond donors (Lipinski definition) is 2.